The monoisotopic (exact) mass is 353 g/mol. The fraction of sp³-hybridized carbons (Fsp3) is 0.278. The molecule has 0 fully saturated rings. The van der Waals surface area contributed by atoms with Crippen molar-refractivity contribution < 1.29 is 27.4 Å². The van der Waals surface area contributed by atoms with Gasteiger partial charge in [-0.15, -0.1) is 0 Å². The van der Waals surface area contributed by atoms with Gasteiger partial charge in [0.15, 0.2) is 0 Å². The molecule has 0 atom stereocenters. The van der Waals surface area contributed by atoms with Crippen molar-refractivity contribution >= 4 is 5.91 Å². The van der Waals surface area contributed by atoms with Gasteiger partial charge in [0.25, 0.3) is 5.91 Å². The summed E-state index contributed by atoms with van der Waals surface area (Å²) in [6.45, 7) is 2.44. The Bertz CT molecular complexity index is 717. The van der Waals surface area contributed by atoms with Crippen LogP contribution in [0.4, 0.5) is 13.2 Å². The zero-order chi connectivity index (χ0) is 18.3. The van der Waals surface area contributed by atoms with E-state index in [2.05, 4.69) is 5.32 Å². The molecule has 4 nitrogen and oxygen atoms in total. The fourth-order valence-electron chi connectivity index (χ4n) is 2.13. The molecule has 2 aromatic rings. The van der Waals surface area contributed by atoms with Crippen LogP contribution in [0.3, 0.4) is 0 Å². The minimum Gasteiger partial charge on any atom is -0.493 e. The molecule has 25 heavy (non-hydrogen) atoms. The number of hydrogen-bond acceptors (Lipinski definition) is 3. The molecule has 7 heteroatoms. The van der Waals surface area contributed by atoms with E-state index in [1.54, 1.807) is 24.3 Å². The lowest BCUT2D eigenvalue weighted by Gasteiger charge is -2.12. The van der Waals surface area contributed by atoms with Gasteiger partial charge >= 0.3 is 6.18 Å². The van der Waals surface area contributed by atoms with Crippen LogP contribution < -0.4 is 14.8 Å². The maximum absolute atomic E-state index is 12.6. The average Bonchev–Trinajstić information content (AvgIpc) is 2.59. The first-order valence-corrected chi connectivity index (χ1v) is 7.72. The van der Waals surface area contributed by atoms with Gasteiger partial charge in [-0.25, -0.2) is 0 Å². The third-order valence-electron chi connectivity index (χ3n) is 3.25. The minimum atomic E-state index is -4.42. The van der Waals surface area contributed by atoms with Gasteiger partial charge in [-0.2, -0.15) is 13.2 Å². The Morgan fingerprint density at radius 3 is 2.56 bits per heavy atom. The summed E-state index contributed by atoms with van der Waals surface area (Å²) in [6, 6.07) is 11.4. The molecule has 0 bridgehead atoms. The number of carbonyl (C=O) groups excluding carboxylic acids is 1. The molecule has 0 radical (unpaired) electrons. The van der Waals surface area contributed by atoms with Crippen LogP contribution in [0.5, 0.6) is 11.5 Å². The van der Waals surface area contributed by atoms with E-state index in [4.69, 9.17) is 9.47 Å². The molecule has 2 rings (SSSR count). The summed E-state index contributed by atoms with van der Waals surface area (Å²) in [6.07, 6.45) is -4.42. The standard InChI is InChI=1S/C18H18F3NO3/c1-2-24-16-9-4-3-8-15(16)17(23)22-10-11-25-14-7-5-6-13(12-14)18(19,20)21/h3-9,12H,2,10-11H2,1H3,(H,22,23). The molecule has 0 heterocycles. The number of carbonyl (C=O) groups is 1. The van der Waals surface area contributed by atoms with Gasteiger partial charge in [-0.1, -0.05) is 18.2 Å². The highest BCUT2D eigenvalue weighted by atomic mass is 19.4. The number of halogens is 3. The van der Waals surface area contributed by atoms with Gasteiger partial charge in [0.2, 0.25) is 0 Å². The molecule has 134 valence electrons. The molecule has 2 aromatic carbocycles. The summed E-state index contributed by atoms with van der Waals surface area (Å²) in [7, 11) is 0. The van der Waals surface area contributed by atoms with Gasteiger partial charge in [-0.3, -0.25) is 4.79 Å². The lowest BCUT2D eigenvalue weighted by atomic mass is 10.2. The van der Waals surface area contributed by atoms with E-state index in [-0.39, 0.29) is 24.8 Å². The Kier molecular flexibility index (Phi) is 6.27. The Labute approximate surface area is 143 Å². The first-order valence-electron chi connectivity index (χ1n) is 7.72. The summed E-state index contributed by atoms with van der Waals surface area (Å²) in [5.41, 5.74) is -0.386. The third-order valence-corrected chi connectivity index (χ3v) is 3.25. The van der Waals surface area contributed by atoms with Gasteiger partial charge in [0.1, 0.15) is 18.1 Å². The highest BCUT2D eigenvalue weighted by molar-refractivity contribution is 5.96. The van der Waals surface area contributed by atoms with E-state index in [1.807, 2.05) is 6.92 Å². The van der Waals surface area contributed by atoms with Gasteiger partial charge in [0.05, 0.1) is 24.3 Å². The second-order valence-electron chi connectivity index (χ2n) is 5.06. The molecule has 1 N–H and O–H groups in total. The van der Waals surface area contributed by atoms with E-state index in [0.717, 1.165) is 12.1 Å². The number of ether oxygens (including phenoxy) is 2. The number of amides is 1. The lowest BCUT2D eigenvalue weighted by molar-refractivity contribution is -0.137. The normalized spacial score (nSPS) is 11.0. The van der Waals surface area contributed by atoms with Crippen molar-refractivity contribution in [2.24, 2.45) is 0 Å². The average molecular weight is 353 g/mol. The van der Waals surface area contributed by atoms with E-state index in [9.17, 15) is 18.0 Å². The maximum atomic E-state index is 12.6. The number of para-hydroxylation sites is 1. The molecule has 1 amide bonds. The molecule has 0 spiro atoms. The summed E-state index contributed by atoms with van der Waals surface area (Å²) in [4.78, 5) is 12.1. The Morgan fingerprint density at radius 1 is 1.08 bits per heavy atom. The van der Waals surface area contributed by atoms with Crippen LogP contribution in [0, 0.1) is 0 Å². The van der Waals surface area contributed by atoms with Crippen molar-refractivity contribution in [3.05, 3.63) is 59.7 Å². The Hall–Kier alpha value is -2.70. The quantitative estimate of drug-likeness (QED) is 0.768. The minimum absolute atomic E-state index is 0.0455. The summed E-state index contributed by atoms with van der Waals surface area (Å²) in [5.74, 6) is 0.233. The van der Waals surface area contributed by atoms with Gasteiger partial charge in [0, 0.05) is 0 Å². The molecule has 0 unspecified atom stereocenters. The largest absolute Gasteiger partial charge is 0.493 e. The molecular formula is C18H18F3NO3. The molecule has 0 saturated carbocycles. The molecule has 0 aliphatic rings. The fourth-order valence-corrected chi connectivity index (χ4v) is 2.13. The van der Waals surface area contributed by atoms with E-state index in [0.29, 0.717) is 17.9 Å². The summed E-state index contributed by atoms with van der Waals surface area (Å²) in [5, 5.41) is 2.65. The van der Waals surface area contributed by atoms with Crippen LogP contribution in [0.1, 0.15) is 22.8 Å². The molecule has 0 aromatic heterocycles. The van der Waals surface area contributed by atoms with Crippen molar-refractivity contribution in [2.45, 2.75) is 13.1 Å². The second kappa shape index (κ2) is 8.41. The van der Waals surface area contributed by atoms with E-state index in [1.165, 1.54) is 12.1 Å². The highest BCUT2D eigenvalue weighted by Crippen LogP contribution is 2.31. The van der Waals surface area contributed by atoms with Crippen molar-refractivity contribution in [3.63, 3.8) is 0 Å². The zero-order valence-corrected chi connectivity index (χ0v) is 13.6. The van der Waals surface area contributed by atoms with Crippen LogP contribution in [0.25, 0.3) is 0 Å². The van der Waals surface area contributed by atoms with Gasteiger partial charge in [-0.05, 0) is 37.3 Å². The molecule has 0 aliphatic heterocycles. The SMILES string of the molecule is CCOc1ccccc1C(=O)NCCOc1cccc(C(F)(F)F)c1. The molecule has 0 aliphatic carbocycles. The number of hydrogen-bond donors (Lipinski definition) is 1. The zero-order valence-electron chi connectivity index (χ0n) is 13.6. The number of benzene rings is 2. The topological polar surface area (TPSA) is 47.6 Å². The van der Waals surface area contributed by atoms with Crippen molar-refractivity contribution in [3.8, 4) is 11.5 Å². The van der Waals surface area contributed by atoms with E-state index < -0.39 is 11.7 Å². The smallest absolute Gasteiger partial charge is 0.416 e. The van der Waals surface area contributed by atoms with Crippen LogP contribution in [0.2, 0.25) is 0 Å². The Morgan fingerprint density at radius 2 is 1.84 bits per heavy atom. The lowest BCUT2D eigenvalue weighted by Crippen LogP contribution is -2.28. The van der Waals surface area contributed by atoms with Crippen molar-refractivity contribution in [1.29, 1.82) is 0 Å². The highest BCUT2D eigenvalue weighted by Gasteiger charge is 2.30. The molecule has 0 saturated heterocycles. The van der Waals surface area contributed by atoms with E-state index >= 15 is 0 Å². The molecular weight excluding hydrogens is 335 g/mol. The summed E-state index contributed by atoms with van der Waals surface area (Å²) >= 11 is 0. The predicted octanol–water partition coefficient (Wildman–Crippen LogP) is 3.91. The number of rotatable bonds is 7. The van der Waals surface area contributed by atoms with Gasteiger partial charge < -0.3 is 14.8 Å². The predicted molar refractivity (Wildman–Crippen MR) is 86.9 cm³/mol. The first kappa shape index (κ1) is 18.6. The first-order chi connectivity index (χ1) is 11.9. The second-order valence-corrected chi connectivity index (χ2v) is 5.06. The van der Waals surface area contributed by atoms with Crippen LogP contribution in [-0.4, -0.2) is 25.7 Å². The third kappa shape index (κ3) is 5.41. The van der Waals surface area contributed by atoms with Crippen LogP contribution >= 0.6 is 0 Å². The maximum Gasteiger partial charge on any atom is 0.416 e. The van der Waals surface area contributed by atoms with Crippen molar-refractivity contribution in [2.75, 3.05) is 19.8 Å². The Balaban J connectivity index is 1.86. The summed E-state index contributed by atoms with van der Waals surface area (Å²) < 4.78 is 48.5. The number of nitrogens with one attached hydrogen (secondary N) is 1. The van der Waals surface area contributed by atoms with Crippen LogP contribution in [-0.2, 0) is 6.18 Å². The number of alkyl halides is 3. The van der Waals surface area contributed by atoms with Crippen molar-refractivity contribution in [1.82, 2.24) is 5.32 Å². The van der Waals surface area contributed by atoms with Crippen LogP contribution in [0.15, 0.2) is 48.5 Å².